The van der Waals surface area contributed by atoms with E-state index < -0.39 is 0 Å². The van der Waals surface area contributed by atoms with Gasteiger partial charge in [0, 0.05) is 11.8 Å². The number of rotatable bonds is 0. The van der Waals surface area contributed by atoms with Crippen LogP contribution in [0.5, 0.6) is 0 Å². The second-order valence-electron chi connectivity index (χ2n) is 4.78. The topological polar surface area (TPSA) is 32.6 Å². The van der Waals surface area contributed by atoms with E-state index in [0.29, 0.717) is 12.3 Å². The summed E-state index contributed by atoms with van der Waals surface area (Å²) in [6, 6.07) is 5.28. The van der Waals surface area contributed by atoms with Crippen LogP contribution in [-0.2, 0) is 12.8 Å². The molecule has 3 heteroatoms. The molecule has 2 aliphatic rings. The molecule has 1 N–H and O–H groups in total. The van der Waals surface area contributed by atoms with Crippen molar-refractivity contribution < 1.29 is 9.60 Å². The van der Waals surface area contributed by atoms with Gasteiger partial charge in [-0.1, -0.05) is 17.3 Å². The van der Waals surface area contributed by atoms with Crippen molar-refractivity contribution in [2.75, 3.05) is 0 Å². The molecule has 0 aliphatic heterocycles. The molecule has 0 radical (unpaired) electrons. The summed E-state index contributed by atoms with van der Waals surface area (Å²) in [6.45, 7) is 0. The van der Waals surface area contributed by atoms with E-state index in [0.717, 1.165) is 36.1 Å². The highest BCUT2D eigenvalue weighted by atomic mass is 19.1. The van der Waals surface area contributed by atoms with Gasteiger partial charge in [0.1, 0.15) is 5.82 Å². The summed E-state index contributed by atoms with van der Waals surface area (Å²) < 4.78 is 13.7. The molecule has 2 unspecified atom stereocenters. The molecule has 1 aromatic rings. The van der Waals surface area contributed by atoms with Crippen molar-refractivity contribution in [3.8, 4) is 0 Å². The van der Waals surface area contributed by atoms with Gasteiger partial charge in [0.25, 0.3) is 0 Å². The lowest BCUT2D eigenvalue weighted by Gasteiger charge is -2.12. The second-order valence-corrected chi connectivity index (χ2v) is 4.78. The van der Waals surface area contributed by atoms with Crippen molar-refractivity contribution in [1.82, 2.24) is 0 Å². The first-order valence-corrected chi connectivity index (χ1v) is 5.77. The maximum Gasteiger partial charge on any atom is 0.126 e. The SMILES string of the molecule is O/N=C1\C2CCC1Cc1c(F)cccc1C2. The summed E-state index contributed by atoms with van der Waals surface area (Å²) in [4.78, 5) is 0. The molecule has 1 saturated carbocycles. The molecule has 0 saturated heterocycles. The number of hydrogen-bond acceptors (Lipinski definition) is 2. The highest BCUT2D eigenvalue weighted by Gasteiger charge is 2.36. The average Bonchev–Trinajstić information content (AvgIpc) is 2.54. The van der Waals surface area contributed by atoms with Crippen molar-refractivity contribution >= 4 is 5.71 Å². The van der Waals surface area contributed by atoms with Crippen LogP contribution in [0.4, 0.5) is 4.39 Å². The Morgan fingerprint density at radius 1 is 1.19 bits per heavy atom. The van der Waals surface area contributed by atoms with Crippen LogP contribution >= 0.6 is 0 Å². The Bertz CT molecular complexity index is 455. The van der Waals surface area contributed by atoms with Crippen molar-refractivity contribution in [3.05, 3.63) is 35.1 Å². The van der Waals surface area contributed by atoms with Gasteiger partial charge >= 0.3 is 0 Å². The summed E-state index contributed by atoms with van der Waals surface area (Å²) in [5.41, 5.74) is 2.81. The van der Waals surface area contributed by atoms with Crippen LogP contribution in [0, 0.1) is 17.7 Å². The number of nitrogens with zero attached hydrogens (tertiary/aromatic N) is 1. The van der Waals surface area contributed by atoms with E-state index in [2.05, 4.69) is 5.16 Å². The lowest BCUT2D eigenvalue weighted by molar-refractivity contribution is 0.313. The predicted molar refractivity (Wildman–Crippen MR) is 59.2 cm³/mol. The van der Waals surface area contributed by atoms with Crippen LogP contribution in [0.3, 0.4) is 0 Å². The number of benzene rings is 1. The molecule has 0 amide bonds. The van der Waals surface area contributed by atoms with Gasteiger partial charge in [0.05, 0.1) is 5.71 Å². The maximum absolute atomic E-state index is 13.7. The Hall–Kier alpha value is -1.38. The van der Waals surface area contributed by atoms with Gasteiger partial charge in [-0.25, -0.2) is 4.39 Å². The van der Waals surface area contributed by atoms with Gasteiger partial charge in [-0.05, 0) is 42.9 Å². The summed E-state index contributed by atoms with van der Waals surface area (Å²) in [5, 5.41) is 12.5. The molecule has 0 heterocycles. The fraction of sp³-hybridized carbons (Fsp3) is 0.462. The zero-order valence-electron chi connectivity index (χ0n) is 8.99. The standard InChI is InChI=1S/C13H14FNO/c14-12-3-1-2-8-6-9-4-5-10(7-11(8)12)13(9)15-16/h1-3,9-10,16H,4-7H2/b15-13+. The van der Waals surface area contributed by atoms with Crippen molar-refractivity contribution in [1.29, 1.82) is 0 Å². The van der Waals surface area contributed by atoms with Crippen molar-refractivity contribution in [2.24, 2.45) is 17.0 Å². The summed E-state index contributed by atoms with van der Waals surface area (Å²) in [5.74, 6) is 0.452. The van der Waals surface area contributed by atoms with Crippen LogP contribution in [0.25, 0.3) is 0 Å². The summed E-state index contributed by atoms with van der Waals surface area (Å²) in [6.07, 6.45) is 3.61. The second kappa shape index (κ2) is 3.58. The zero-order valence-corrected chi connectivity index (χ0v) is 8.99. The molecule has 1 fully saturated rings. The predicted octanol–water partition coefficient (Wildman–Crippen LogP) is 2.78. The summed E-state index contributed by atoms with van der Waals surface area (Å²) in [7, 11) is 0. The van der Waals surface area contributed by atoms with Crippen LogP contribution in [0.1, 0.15) is 24.0 Å². The van der Waals surface area contributed by atoms with E-state index in [-0.39, 0.29) is 11.7 Å². The quantitative estimate of drug-likeness (QED) is 0.528. The van der Waals surface area contributed by atoms with E-state index in [1.165, 1.54) is 6.07 Å². The first-order valence-electron chi connectivity index (χ1n) is 5.77. The molecule has 2 atom stereocenters. The molecule has 0 aromatic heterocycles. The highest BCUT2D eigenvalue weighted by Crippen LogP contribution is 2.38. The fourth-order valence-electron chi connectivity index (χ4n) is 3.14. The number of fused-ring (bicyclic) bond motifs is 3. The smallest absolute Gasteiger partial charge is 0.126 e. The minimum Gasteiger partial charge on any atom is -0.411 e. The Kier molecular flexibility index (Phi) is 2.20. The van der Waals surface area contributed by atoms with Crippen LogP contribution < -0.4 is 0 Å². The molecule has 2 nitrogen and oxygen atoms in total. The number of hydrogen-bond donors (Lipinski definition) is 1. The van der Waals surface area contributed by atoms with E-state index in [1.54, 1.807) is 6.07 Å². The molecule has 3 rings (SSSR count). The lowest BCUT2D eigenvalue weighted by atomic mass is 9.93. The Morgan fingerprint density at radius 3 is 2.69 bits per heavy atom. The van der Waals surface area contributed by atoms with E-state index in [1.807, 2.05) is 6.07 Å². The van der Waals surface area contributed by atoms with Crippen LogP contribution in [0.15, 0.2) is 23.4 Å². The van der Waals surface area contributed by atoms with E-state index >= 15 is 0 Å². The largest absolute Gasteiger partial charge is 0.411 e. The Morgan fingerprint density at radius 2 is 1.94 bits per heavy atom. The van der Waals surface area contributed by atoms with Gasteiger partial charge in [0.15, 0.2) is 0 Å². The monoisotopic (exact) mass is 219 g/mol. The van der Waals surface area contributed by atoms with Crippen molar-refractivity contribution in [2.45, 2.75) is 25.7 Å². The molecule has 2 aliphatic carbocycles. The molecule has 84 valence electrons. The lowest BCUT2D eigenvalue weighted by Crippen LogP contribution is -2.14. The van der Waals surface area contributed by atoms with Gasteiger partial charge in [0.2, 0.25) is 0 Å². The van der Waals surface area contributed by atoms with Crippen LogP contribution in [-0.4, -0.2) is 10.9 Å². The van der Waals surface area contributed by atoms with Gasteiger partial charge in [-0.2, -0.15) is 0 Å². The normalized spacial score (nSPS) is 30.2. The van der Waals surface area contributed by atoms with E-state index in [9.17, 15) is 4.39 Å². The zero-order chi connectivity index (χ0) is 11.1. The van der Waals surface area contributed by atoms with Crippen molar-refractivity contribution in [3.63, 3.8) is 0 Å². The molecule has 1 aromatic carbocycles. The molecular weight excluding hydrogens is 205 g/mol. The minimum atomic E-state index is -0.109. The Labute approximate surface area is 93.8 Å². The highest BCUT2D eigenvalue weighted by molar-refractivity contribution is 5.91. The van der Waals surface area contributed by atoms with Gasteiger partial charge in [-0.3, -0.25) is 0 Å². The third-order valence-electron chi connectivity index (χ3n) is 3.95. The Balaban J connectivity index is 2.08. The first kappa shape index (κ1) is 9.82. The molecule has 0 spiro atoms. The van der Waals surface area contributed by atoms with E-state index in [4.69, 9.17) is 5.21 Å². The summed E-state index contributed by atoms with van der Waals surface area (Å²) >= 11 is 0. The number of oxime groups is 1. The van der Waals surface area contributed by atoms with Gasteiger partial charge < -0.3 is 5.21 Å². The average molecular weight is 219 g/mol. The third kappa shape index (κ3) is 1.34. The molecule has 2 bridgehead atoms. The minimum absolute atomic E-state index is 0.109. The maximum atomic E-state index is 13.7. The third-order valence-corrected chi connectivity index (χ3v) is 3.95. The van der Waals surface area contributed by atoms with Gasteiger partial charge in [-0.15, -0.1) is 0 Å². The first-order chi connectivity index (χ1) is 7.79. The molecule has 16 heavy (non-hydrogen) atoms. The van der Waals surface area contributed by atoms with Crippen LogP contribution in [0.2, 0.25) is 0 Å². The number of halogens is 1. The fourth-order valence-corrected chi connectivity index (χ4v) is 3.14. The molecular formula is C13H14FNO.